The average molecular weight is 427 g/mol. The van der Waals surface area contributed by atoms with E-state index in [2.05, 4.69) is 0 Å². The number of methoxy groups -OCH3 is 2. The topological polar surface area (TPSA) is 51.1 Å². The molecule has 1 saturated carbocycles. The van der Waals surface area contributed by atoms with Crippen LogP contribution in [0.1, 0.15) is 48.0 Å². The number of hydrogen-bond donors (Lipinski definition) is 0. The maximum Gasteiger partial charge on any atom is 0.260 e. The minimum Gasteiger partial charge on any atom is -0.497 e. The van der Waals surface area contributed by atoms with Gasteiger partial charge in [0.1, 0.15) is 33.7 Å². The van der Waals surface area contributed by atoms with Gasteiger partial charge < -0.3 is 9.47 Å². The summed E-state index contributed by atoms with van der Waals surface area (Å²) in [4.78, 5) is 20.5. The van der Waals surface area contributed by atoms with E-state index >= 15 is 0 Å². The van der Waals surface area contributed by atoms with Crippen LogP contribution < -0.4 is 9.47 Å². The zero-order valence-electron chi connectivity index (χ0n) is 17.0. The van der Waals surface area contributed by atoms with Crippen LogP contribution in [0, 0.1) is 5.82 Å². The van der Waals surface area contributed by atoms with Crippen molar-refractivity contribution in [2.75, 3.05) is 14.2 Å². The normalized spacial score (nSPS) is 17.8. The van der Waals surface area contributed by atoms with Gasteiger partial charge in [-0.25, -0.2) is 4.39 Å². The van der Waals surface area contributed by atoms with Crippen LogP contribution in [0.5, 0.6) is 11.5 Å². The van der Waals surface area contributed by atoms with E-state index in [1.807, 2.05) is 12.1 Å². The number of halogens is 1. The van der Waals surface area contributed by atoms with Gasteiger partial charge in [0.15, 0.2) is 0 Å². The van der Waals surface area contributed by atoms with Gasteiger partial charge in [-0.2, -0.15) is 0 Å². The molecule has 1 fully saturated rings. The quantitative estimate of drug-likeness (QED) is 0.661. The fraction of sp³-hybridized carbons (Fsp3) is 0.348. The van der Waals surface area contributed by atoms with Crippen molar-refractivity contribution in [3.05, 3.63) is 59.4 Å². The zero-order chi connectivity index (χ0) is 21.3. The highest BCUT2D eigenvalue weighted by Gasteiger charge is 2.49. The van der Waals surface area contributed by atoms with E-state index in [1.54, 1.807) is 25.2 Å². The van der Waals surface area contributed by atoms with Crippen LogP contribution >= 0.6 is 12.2 Å². The molecule has 1 aliphatic heterocycles. The summed E-state index contributed by atoms with van der Waals surface area (Å²) in [6.45, 7) is 0. The van der Waals surface area contributed by atoms with Crippen LogP contribution in [0.3, 0.4) is 0 Å². The largest absolute Gasteiger partial charge is 0.497 e. The molecule has 0 radical (unpaired) electrons. The second kappa shape index (κ2) is 8.14. The van der Waals surface area contributed by atoms with Crippen LogP contribution in [0.4, 0.5) is 4.39 Å². The lowest BCUT2D eigenvalue weighted by Crippen LogP contribution is -2.50. The van der Waals surface area contributed by atoms with Crippen LogP contribution in [0.15, 0.2) is 47.5 Å². The number of amides is 1. The lowest BCUT2D eigenvalue weighted by atomic mass is 9.88. The zero-order valence-corrected chi connectivity index (χ0v) is 17.8. The van der Waals surface area contributed by atoms with Gasteiger partial charge >= 0.3 is 0 Å². The Morgan fingerprint density at radius 1 is 1.03 bits per heavy atom. The fourth-order valence-electron chi connectivity index (χ4n) is 4.19. The molecule has 2 aromatic rings. The molecule has 5 nitrogen and oxygen atoms in total. The van der Waals surface area contributed by atoms with Crippen molar-refractivity contribution < 1.29 is 18.7 Å². The summed E-state index contributed by atoms with van der Waals surface area (Å²) in [6.07, 6.45) is 4.52. The Balaban J connectivity index is 1.79. The third kappa shape index (κ3) is 3.58. The third-order valence-corrected chi connectivity index (χ3v) is 6.09. The third-order valence-electron chi connectivity index (χ3n) is 5.72. The fourth-order valence-corrected chi connectivity index (χ4v) is 4.61. The minimum atomic E-state index is -0.702. The highest BCUT2D eigenvalue weighted by Crippen LogP contribution is 2.41. The maximum absolute atomic E-state index is 13.5. The van der Waals surface area contributed by atoms with Crippen LogP contribution in [-0.4, -0.2) is 41.4 Å². The van der Waals surface area contributed by atoms with E-state index < -0.39 is 5.66 Å². The first-order valence-electron chi connectivity index (χ1n) is 9.95. The molecule has 2 aliphatic rings. The highest BCUT2D eigenvalue weighted by molar-refractivity contribution is 7.82. The molecule has 1 spiro atoms. The Kier molecular flexibility index (Phi) is 5.56. The van der Waals surface area contributed by atoms with Gasteiger partial charge in [0.2, 0.25) is 0 Å². The monoisotopic (exact) mass is 426 g/mol. The van der Waals surface area contributed by atoms with Gasteiger partial charge in [0.25, 0.3) is 5.91 Å². The van der Waals surface area contributed by atoms with Crippen molar-refractivity contribution in [3.63, 3.8) is 0 Å². The molecule has 0 N–H and O–H groups in total. The van der Waals surface area contributed by atoms with Gasteiger partial charge in [-0.1, -0.05) is 18.6 Å². The first kappa shape index (κ1) is 20.5. The van der Waals surface area contributed by atoms with Crippen LogP contribution in [0.25, 0.3) is 0 Å². The number of aliphatic imine (C=N–C) groups is 1. The summed E-state index contributed by atoms with van der Waals surface area (Å²) >= 11 is 5.78. The Bertz CT molecular complexity index is 991. The van der Waals surface area contributed by atoms with Crippen molar-refractivity contribution >= 4 is 28.8 Å². The second-order valence-electron chi connectivity index (χ2n) is 7.56. The molecule has 0 bridgehead atoms. The Hall–Kier alpha value is -2.80. The lowest BCUT2D eigenvalue weighted by molar-refractivity contribution is 0.0648. The number of carbonyl (C=O) groups excluding carboxylic acids is 1. The summed E-state index contributed by atoms with van der Waals surface area (Å²) in [5.41, 5.74) is 1.02. The lowest BCUT2D eigenvalue weighted by Gasteiger charge is -2.38. The smallest absolute Gasteiger partial charge is 0.260 e. The molecule has 1 aliphatic carbocycles. The Morgan fingerprint density at radius 3 is 2.20 bits per heavy atom. The summed E-state index contributed by atoms with van der Waals surface area (Å²) < 4.78 is 24.2. The maximum atomic E-state index is 13.5. The summed E-state index contributed by atoms with van der Waals surface area (Å²) in [6, 6.07) is 11.0. The molecule has 4 rings (SSSR count). The SMILES string of the molecule is COc1cc(OC)cc(C2=NC3(CCCCC3)N(C(=O)c3ccc(F)cc3)C2=S)c1. The van der Waals surface area contributed by atoms with Crippen LogP contribution in [0.2, 0.25) is 0 Å². The van der Waals surface area contributed by atoms with Gasteiger partial charge in [-0.3, -0.25) is 14.7 Å². The summed E-state index contributed by atoms with van der Waals surface area (Å²) in [5.74, 6) is 0.602. The molecule has 1 heterocycles. The van der Waals surface area contributed by atoms with Crippen molar-refractivity contribution in [2.45, 2.75) is 37.8 Å². The van der Waals surface area contributed by atoms with E-state index in [9.17, 15) is 9.18 Å². The molecule has 1 amide bonds. The standard InChI is InChI=1S/C23H23FN2O3S/c1-28-18-12-16(13-19(14-18)29-2)20-22(30)26(23(25-20)10-4-3-5-11-23)21(27)15-6-8-17(24)9-7-15/h6-9,12-14H,3-5,10-11H2,1-2H3. The molecule has 2 aromatic carbocycles. The number of benzene rings is 2. The highest BCUT2D eigenvalue weighted by atomic mass is 32.1. The number of carbonyl (C=O) groups is 1. The molecule has 7 heteroatoms. The molecule has 0 aromatic heterocycles. The minimum absolute atomic E-state index is 0.254. The van der Waals surface area contributed by atoms with Gasteiger partial charge in [0.05, 0.1) is 14.2 Å². The molecule has 0 unspecified atom stereocenters. The number of rotatable bonds is 4. The molecular weight excluding hydrogens is 403 g/mol. The van der Waals surface area contributed by atoms with E-state index in [0.29, 0.717) is 27.8 Å². The van der Waals surface area contributed by atoms with Crippen molar-refractivity contribution in [2.24, 2.45) is 4.99 Å². The van der Waals surface area contributed by atoms with E-state index in [0.717, 1.165) is 37.7 Å². The second-order valence-corrected chi connectivity index (χ2v) is 7.94. The molecule has 0 atom stereocenters. The van der Waals surface area contributed by atoms with E-state index in [1.165, 1.54) is 24.3 Å². The predicted molar refractivity (Wildman–Crippen MR) is 117 cm³/mol. The van der Waals surface area contributed by atoms with Crippen LogP contribution in [-0.2, 0) is 0 Å². The van der Waals surface area contributed by atoms with E-state index in [4.69, 9.17) is 26.7 Å². The summed E-state index contributed by atoms with van der Waals surface area (Å²) in [7, 11) is 3.17. The van der Waals surface area contributed by atoms with Crippen molar-refractivity contribution in [1.29, 1.82) is 0 Å². The van der Waals surface area contributed by atoms with Gasteiger partial charge in [0, 0.05) is 17.2 Å². The molecule has 0 saturated heterocycles. The molecular formula is C23H23FN2O3S. The number of ether oxygens (including phenoxy) is 2. The first-order chi connectivity index (χ1) is 14.5. The predicted octanol–water partition coefficient (Wildman–Crippen LogP) is 4.78. The Morgan fingerprint density at radius 2 is 1.63 bits per heavy atom. The molecule has 30 heavy (non-hydrogen) atoms. The van der Waals surface area contributed by atoms with E-state index in [-0.39, 0.29) is 11.7 Å². The van der Waals surface area contributed by atoms with Gasteiger partial charge in [-0.05, 0) is 62.1 Å². The molecule has 156 valence electrons. The van der Waals surface area contributed by atoms with Crippen molar-refractivity contribution in [3.8, 4) is 11.5 Å². The number of nitrogens with zero attached hydrogens (tertiary/aromatic N) is 2. The van der Waals surface area contributed by atoms with Gasteiger partial charge in [-0.15, -0.1) is 0 Å². The average Bonchev–Trinajstić information content (AvgIpc) is 3.05. The number of hydrogen-bond acceptors (Lipinski definition) is 5. The Labute approximate surface area is 180 Å². The summed E-state index contributed by atoms with van der Waals surface area (Å²) in [5, 5.41) is 0. The first-order valence-corrected chi connectivity index (χ1v) is 10.4. The van der Waals surface area contributed by atoms with Crippen molar-refractivity contribution in [1.82, 2.24) is 4.90 Å². The number of thiocarbonyl (C=S) groups is 1.